The molecular formula is C11H16N2O. The summed E-state index contributed by atoms with van der Waals surface area (Å²) in [6.45, 7) is 4.78. The lowest BCUT2D eigenvalue weighted by atomic mass is 10.2. The SMILES string of the molecule is CCOc1ccc2c(c1)N(C)CCN2. The molecule has 0 amide bonds. The molecule has 1 aliphatic heterocycles. The highest BCUT2D eigenvalue weighted by molar-refractivity contribution is 5.73. The summed E-state index contributed by atoms with van der Waals surface area (Å²) in [5.41, 5.74) is 2.42. The average molecular weight is 192 g/mol. The van der Waals surface area contributed by atoms with Gasteiger partial charge in [0.1, 0.15) is 5.75 Å². The van der Waals surface area contributed by atoms with Gasteiger partial charge in [-0.15, -0.1) is 0 Å². The molecule has 0 unspecified atom stereocenters. The molecule has 0 fully saturated rings. The molecule has 0 saturated carbocycles. The Morgan fingerprint density at radius 1 is 1.50 bits per heavy atom. The Bertz CT molecular complexity index is 325. The molecule has 0 aliphatic carbocycles. The van der Waals surface area contributed by atoms with E-state index in [0.717, 1.165) is 25.4 Å². The molecule has 1 aromatic rings. The van der Waals surface area contributed by atoms with Crippen molar-refractivity contribution in [2.75, 3.05) is 37.0 Å². The van der Waals surface area contributed by atoms with Crippen LogP contribution in [0.5, 0.6) is 5.75 Å². The third-order valence-corrected chi connectivity index (χ3v) is 2.45. The Morgan fingerprint density at radius 2 is 2.36 bits per heavy atom. The molecule has 0 atom stereocenters. The predicted molar refractivity (Wildman–Crippen MR) is 59.4 cm³/mol. The number of hydrogen-bond donors (Lipinski definition) is 1. The molecule has 1 aliphatic rings. The van der Waals surface area contributed by atoms with Crippen LogP contribution in [0.15, 0.2) is 18.2 Å². The van der Waals surface area contributed by atoms with Crippen molar-refractivity contribution in [2.45, 2.75) is 6.92 Å². The van der Waals surface area contributed by atoms with E-state index < -0.39 is 0 Å². The van der Waals surface area contributed by atoms with E-state index in [9.17, 15) is 0 Å². The highest BCUT2D eigenvalue weighted by atomic mass is 16.5. The maximum absolute atomic E-state index is 5.47. The lowest BCUT2D eigenvalue weighted by Crippen LogP contribution is -2.30. The maximum Gasteiger partial charge on any atom is 0.121 e. The third kappa shape index (κ3) is 1.62. The van der Waals surface area contributed by atoms with Crippen LogP contribution >= 0.6 is 0 Å². The van der Waals surface area contributed by atoms with Gasteiger partial charge in [-0.1, -0.05) is 0 Å². The zero-order valence-electron chi connectivity index (χ0n) is 8.71. The van der Waals surface area contributed by atoms with E-state index >= 15 is 0 Å². The molecule has 1 N–H and O–H groups in total. The minimum Gasteiger partial charge on any atom is -0.494 e. The first-order valence-electron chi connectivity index (χ1n) is 5.03. The van der Waals surface area contributed by atoms with Crippen molar-refractivity contribution in [1.82, 2.24) is 0 Å². The van der Waals surface area contributed by atoms with Gasteiger partial charge in [-0.05, 0) is 19.1 Å². The fourth-order valence-electron chi connectivity index (χ4n) is 1.71. The van der Waals surface area contributed by atoms with Crippen molar-refractivity contribution in [3.05, 3.63) is 18.2 Å². The van der Waals surface area contributed by atoms with Crippen molar-refractivity contribution in [2.24, 2.45) is 0 Å². The Morgan fingerprint density at radius 3 is 3.14 bits per heavy atom. The molecule has 0 saturated heterocycles. The first kappa shape index (κ1) is 9.19. The first-order chi connectivity index (χ1) is 6.81. The number of nitrogens with one attached hydrogen (secondary N) is 1. The summed E-state index contributed by atoms with van der Waals surface area (Å²) in [4.78, 5) is 2.24. The molecule has 14 heavy (non-hydrogen) atoms. The second kappa shape index (κ2) is 3.78. The van der Waals surface area contributed by atoms with Crippen LogP contribution in [0.3, 0.4) is 0 Å². The normalized spacial score (nSPS) is 14.6. The Labute approximate surface area is 84.7 Å². The van der Waals surface area contributed by atoms with Crippen LogP contribution in [0.2, 0.25) is 0 Å². The highest BCUT2D eigenvalue weighted by Crippen LogP contribution is 2.31. The van der Waals surface area contributed by atoms with Crippen LogP contribution in [-0.2, 0) is 0 Å². The molecule has 3 heteroatoms. The molecule has 0 radical (unpaired) electrons. The topological polar surface area (TPSA) is 24.5 Å². The van der Waals surface area contributed by atoms with E-state index in [-0.39, 0.29) is 0 Å². The fourth-order valence-corrected chi connectivity index (χ4v) is 1.71. The van der Waals surface area contributed by atoms with Crippen LogP contribution < -0.4 is 15.0 Å². The zero-order valence-corrected chi connectivity index (χ0v) is 8.71. The van der Waals surface area contributed by atoms with E-state index in [1.807, 2.05) is 13.0 Å². The molecule has 76 valence electrons. The van der Waals surface area contributed by atoms with E-state index in [1.54, 1.807) is 0 Å². The van der Waals surface area contributed by atoms with Crippen LogP contribution in [-0.4, -0.2) is 26.7 Å². The number of benzene rings is 1. The monoisotopic (exact) mass is 192 g/mol. The van der Waals surface area contributed by atoms with Gasteiger partial charge in [0.25, 0.3) is 0 Å². The van der Waals surface area contributed by atoms with Gasteiger partial charge in [-0.3, -0.25) is 0 Å². The van der Waals surface area contributed by atoms with Crippen LogP contribution in [0.25, 0.3) is 0 Å². The Hall–Kier alpha value is -1.38. The molecular weight excluding hydrogens is 176 g/mol. The number of ether oxygens (including phenoxy) is 1. The van der Waals surface area contributed by atoms with Crippen molar-refractivity contribution < 1.29 is 4.74 Å². The summed E-state index contributed by atoms with van der Waals surface area (Å²) in [6.07, 6.45) is 0. The van der Waals surface area contributed by atoms with Crippen LogP contribution in [0, 0.1) is 0 Å². The minimum absolute atomic E-state index is 0.718. The predicted octanol–water partition coefficient (Wildman–Crippen LogP) is 1.95. The summed E-state index contributed by atoms with van der Waals surface area (Å²) in [5.74, 6) is 0.946. The van der Waals surface area contributed by atoms with Crippen molar-refractivity contribution in [3.63, 3.8) is 0 Å². The number of fused-ring (bicyclic) bond motifs is 1. The first-order valence-corrected chi connectivity index (χ1v) is 5.03. The number of anilines is 2. The Balaban J connectivity index is 2.31. The van der Waals surface area contributed by atoms with Gasteiger partial charge >= 0.3 is 0 Å². The van der Waals surface area contributed by atoms with E-state index in [2.05, 4.69) is 29.4 Å². The quantitative estimate of drug-likeness (QED) is 0.775. The number of likely N-dealkylation sites (N-methyl/N-ethyl adjacent to an activating group) is 1. The fraction of sp³-hybridized carbons (Fsp3) is 0.455. The average Bonchev–Trinajstić information content (AvgIpc) is 2.20. The molecule has 1 heterocycles. The standard InChI is InChI=1S/C11H16N2O/c1-3-14-9-4-5-10-11(8-9)13(2)7-6-12-10/h4-5,8,12H,3,6-7H2,1-2H3. The Kier molecular flexibility index (Phi) is 2.48. The van der Waals surface area contributed by atoms with Crippen molar-refractivity contribution in [1.29, 1.82) is 0 Å². The van der Waals surface area contributed by atoms with Crippen molar-refractivity contribution in [3.8, 4) is 5.75 Å². The van der Waals surface area contributed by atoms with E-state index in [1.165, 1.54) is 11.4 Å². The van der Waals surface area contributed by atoms with E-state index in [4.69, 9.17) is 4.74 Å². The lowest BCUT2D eigenvalue weighted by Gasteiger charge is -2.28. The highest BCUT2D eigenvalue weighted by Gasteiger charge is 2.13. The van der Waals surface area contributed by atoms with Gasteiger partial charge in [-0.25, -0.2) is 0 Å². The zero-order chi connectivity index (χ0) is 9.97. The molecule has 3 nitrogen and oxygen atoms in total. The van der Waals surface area contributed by atoms with Crippen molar-refractivity contribution >= 4 is 11.4 Å². The number of hydrogen-bond acceptors (Lipinski definition) is 3. The van der Waals surface area contributed by atoms with Gasteiger partial charge in [-0.2, -0.15) is 0 Å². The summed E-state index contributed by atoms with van der Waals surface area (Å²) < 4.78 is 5.47. The summed E-state index contributed by atoms with van der Waals surface area (Å²) >= 11 is 0. The lowest BCUT2D eigenvalue weighted by molar-refractivity contribution is 0.340. The largest absolute Gasteiger partial charge is 0.494 e. The maximum atomic E-state index is 5.47. The number of rotatable bonds is 2. The van der Waals surface area contributed by atoms with Gasteiger partial charge in [0, 0.05) is 26.2 Å². The third-order valence-electron chi connectivity index (χ3n) is 2.45. The summed E-state index contributed by atoms with van der Waals surface area (Å²) in [7, 11) is 2.11. The molecule has 1 aromatic carbocycles. The summed E-state index contributed by atoms with van der Waals surface area (Å²) in [5, 5.41) is 3.37. The molecule has 0 aromatic heterocycles. The smallest absolute Gasteiger partial charge is 0.121 e. The molecule has 0 spiro atoms. The van der Waals surface area contributed by atoms with Gasteiger partial charge in [0.05, 0.1) is 18.0 Å². The van der Waals surface area contributed by atoms with Gasteiger partial charge in [0.2, 0.25) is 0 Å². The minimum atomic E-state index is 0.718. The van der Waals surface area contributed by atoms with Gasteiger partial charge < -0.3 is 15.0 Å². The second-order valence-electron chi connectivity index (χ2n) is 3.46. The van der Waals surface area contributed by atoms with Crippen LogP contribution in [0.4, 0.5) is 11.4 Å². The summed E-state index contributed by atoms with van der Waals surface area (Å²) in [6, 6.07) is 6.18. The molecule has 0 bridgehead atoms. The molecule has 2 rings (SSSR count). The second-order valence-corrected chi connectivity index (χ2v) is 3.46. The van der Waals surface area contributed by atoms with E-state index in [0.29, 0.717) is 0 Å². The van der Waals surface area contributed by atoms with Gasteiger partial charge in [0.15, 0.2) is 0 Å². The van der Waals surface area contributed by atoms with Crippen LogP contribution in [0.1, 0.15) is 6.92 Å². The number of nitrogens with zero attached hydrogens (tertiary/aromatic N) is 1.